The van der Waals surface area contributed by atoms with Gasteiger partial charge in [-0.05, 0) is 38.8 Å². The fourth-order valence-corrected chi connectivity index (χ4v) is 3.18. The molecule has 26 heavy (non-hydrogen) atoms. The van der Waals surface area contributed by atoms with Gasteiger partial charge in [0.1, 0.15) is 12.2 Å². The molecule has 0 amide bonds. The summed E-state index contributed by atoms with van der Waals surface area (Å²) in [5.41, 5.74) is 2.00. The number of hydrogen-bond acceptors (Lipinski definition) is 6. The highest BCUT2D eigenvalue weighted by Gasteiger charge is 2.44. The van der Waals surface area contributed by atoms with Crippen LogP contribution in [0.25, 0.3) is 0 Å². The average molecular weight is 362 g/mol. The Labute approximate surface area is 153 Å². The smallest absolute Gasteiger partial charge is 0.336 e. The molecule has 0 bridgehead atoms. The SMILES string of the molecule is C=C1C(=O)O[C@@H]2/C=C(\C)[C@H](O)C/C=C(\C)C[C@@H](OC(=O)/C(=C\C)CO)[C@@H]12. The summed E-state index contributed by atoms with van der Waals surface area (Å²) in [6, 6.07) is 0. The lowest BCUT2D eigenvalue weighted by atomic mass is 9.85. The highest BCUT2D eigenvalue weighted by atomic mass is 16.6. The Morgan fingerprint density at radius 1 is 1.46 bits per heavy atom. The zero-order chi connectivity index (χ0) is 19.4. The van der Waals surface area contributed by atoms with Crippen molar-refractivity contribution in [1.82, 2.24) is 0 Å². The number of ether oxygens (including phenoxy) is 2. The Hall–Kier alpha value is -2.18. The molecule has 1 fully saturated rings. The Balaban J connectivity index is 2.41. The van der Waals surface area contributed by atoms with Crippen molar-refractivity contribution in [2.24, 2.45) is 5.92 Å². The molecule has 4 atom stereocenters. The molecule has 0 aromatic heterocycles. The summed E-state index contributed by atoms with van der Waals surface area (Å²) in [7, 11) is 0. The second kappa shape index (κ2) is 8.47. The predicted octanol–water partition coefficient (Wildman–Crippen LogP) is 1.98. The maximum absolute atomic E-state index is 12.3. The van der Waals surface area contributed by atoms with Gasteiger partial charge in [0.2, 0.25) is 0 Å². The monoisotopic (exact) mass is 362 g/mol. The van der Waals surface area contributed by atoms with E-state index in [4.69, 9.17) is 9.47 Å². The van der Waals surface area contributed by atoms with Crippen LogP contribution in [0.4, 0.5) is 0 Å². The van der Waals surface area contributed by atoms with Gasteiger partial charge < -0.3 is 19.7 Å². The van der Waals surface area contributed by atoms with Gasteiger partial charge in [-0.15, -0.1) is 0 Å². The van der Waals surface area contributed by atoms with Crippen molar-refractivity contribution in [1.29, 1.82) is 0 Å². The molecule has 2 N–H and O–H groups in total. The molecule has 2 rings (SSSR count). The fraction of sp³-hybridized carbons (Fsp3) is 0.500. The van der Waals surface area contributed by atoms with Gasteiger partial charge in [-0.1, -0.05) is 24.3 Å². The van der Waals surface area contributed by atoms with Crippen LogP contribution in [0.15, 0.2) is 47.1 Å². The molecule has 1 saturated heterocycles. The molecule has 0 aromatic carbocycles. The highest BCUT2D eigenvalue weighted by Crippen LogP contribution is 2.36. The van der Waals surface area contributed by atoms with Crippen LogP contribution in [-0.4, -0.2) is 47.1 Å². The number of carbonyl (C=O) groups is 2. The molecule has 6 heteroatoms. The second-order valence-corrected chi connectivity index (χ2v) is 6.75. The number of aliphatic hydroxyl groups excluding tert-OH is 2. The van der Waals surface area contributed by atoms with Crippen molar-refractivity contribution in [3.63, 3.8) is 0 Å². The number of fused-ring (bicyclic) bond motifs is 1. The van der Waals surface area contributed by atoms with Gasteiger partial charge in [-0.3, -0.25) is 0 Å². The van der Waals surface area contributed by atoms with Crippen LogP contribution in [0.2, 0.25) is 0 Å². The molecule has 142 valence electrons. The fourth-order valence-electron chi connectivity index (χ4n) is 3.18. The molecular weight excluding hydrogens is 336 g/mol. The minimum absolute atomic E-state index is 0.151. The van der Waals surface area contributed by atoms with Crippen molar-refractivity contribution >= 4 is 11.9 Å². The molecule has 1 aliphatic carbocycles. The number of carbonyl (C=O) groups excluding carboxylic acids is 2. The van der Waals surface area contributed by atoms with E-state index >= 15 is 0 Å². The lowest BCUT2D eigenvalue weighted by Gasteiger charge is -2.28. The second-order valence-electron chi connectivity index (χ2n) is 6.75. The largest absolute Gasteiger partial charge is 0.458 e. The first-order valence-electron chi connectivity index (χ1n) is 8.67. The van der Waals surface area contributed by atoms with Crippen LogP contribution in [0, 0.1) is 5.92 Å². The van der Waals surface area contributed by atoms with Crippen LogP contribution in [0.3, 0.4) is 0 Å². The van der Waals surface area contributed by atoms with Gasteiger partial charge in [0.05, 0.1) is 24.2 Å². The van der Waals surface area contributed by atoms with E-state index in [-0.39, 0.29) is 11.1 Å². The Kier molecular flexibility index (Phi) is 6.56. The van der Waals surface area contributed by atoms with Gasteiger partial charge in [0, 0.05) is 12.0 Å². The maximum Gasteiger partial charge on any atom is 0.336 e. The lowest BCUT2D eigenvalue weighted by Crippen LogP contribution is -2.34. The van der Waals surface area contributed by atoms with Crippen molar-refractivity contribution < 1.29 is 29.3 Å². The van der Waals surface area contributed by atoms with Crippen LogP contribution in [0.5, 0.6) is 0 Å². The quantitative estimate of drug-likeness (QED) is 0.453. The van der Waals surface area contributed by atoms with Crippen LogP contribution < -0.4 is 0 Å². The van der Waals surface area contributed by atoms with Gasteiger partial charge in [-0.2, -0.15) is 0 Å². The normalized spacial score (nSPS) is 34.1. The molecule has 0 saturated carbocycles. The molecule has 1 heterocycles. The number of allylic oxidation sites excluding steroid dienone is 1. The minimum Gasteiger partial charge on any atom is -0.458 e. The van der Waals surface area contributed by atoms with Gasteiger partial charge >= 0.3 is 11.9 Å². The van der Waals surface area contributed by atoms with E-state index in [2.05, 4.69) is 6.58 Å². The Bertz CT molecular complexity index is 684. The van der Waals surface area contributed by atoms with Crippen molar-refractivity contribution in [3.8, 4) is 0 Å². The first-order chi connectivity index (χ1) is 12.3. The molecule has 0 radical (unpaired) electrons. The molecule has 0 unspecified atom stereocenters. The van der Waals surface area contributed by atoms with Crippen LogP contribution in [-0.2, 0) is 19.1 Å². The molecule has 0 spiro atoms. The highest BCUT2D eigenvalue weighted by molar-refractivity contribution is 5.92. The summed E-state index contributed by atoms with van der Waals surface area (Å²) in [5.74, 6) is -1.71. The molecule has 1 aliphatic heterocycles. The topological polar surface area (TPSA) is 93.1 Å². The summed E-state index contributed by atoms with van der Waals surface area (Å²) < 4.78 is 11.0. The minimum atomic E-state index is -0.665. The third-order valence-corrected chi connectivity index (χ3v) is 4.87. The molecule has 6 nitrogen and oxygen atoms in total. The maximum atomic E-state index is 12.3. The standard InChI is InChI=1S/C20H26O6/c1-5-14(10-21)20(24)26-16-8-11(2)6-7-15(22)12(3)9-17-18(16)13(4)19(23)25-17/h5-6,9,15-18,21-22H,4,7-8,10H2,1-3H3/b11-6+,12-9+,14-5-/t15-,16-,17-,18-/m1/s1. The van der Waals surface area contributed by atoms with Crippen LogP contribution in [0.1, 0.15) is 33.6 Å². The first kappa shape index (κ1) is 20.1. The van der Waals surface area contributed by atoms with E-state index in [1.807, 2.05) is 13.0 Å². The van der Waals surface area contributed by atoms with E-state index in [9.17, 15) is 19.8 Å². The van der Waals surface area contributed by atoms with Crippen molar-refractivity contribution in [3.05, 3.63) is 47.1 Å². The third kappa shape index (κ3) is 4.31. The van der Waals surface area contributed by atoms with Crippen molar-refractivity contribution in [2.45, 2.75) is 51.9 Å². The predicted molar refractivity (Wildman–Crippen MR) is 96.0 cm³/mol. The van der Waals surface area contributed by atoms with Crippen LogP contribution >= 0.6 is 0 Å². The summed E-state index contributed by atoms with van der Waals surface area (Å²) in [6.07, 6.45) is 3.91. The zero-order valence-corrected chi connectivity index (χ0v) is 15.4. The molecular formula is C20H26O6. The third-order valence-electron chi connectivity index (χ3n) is 4.87. The van der Waals surface area contributed by atoms with E-state index in [0.717, 1.165) is 5.57 Å². The van der Waals surface area contributed by atoms with E-state index in [1.54, 1.807) is 19.9 Å². The van der Waals surface area contributed by atoms with Gasteiger partial charge in [0.25, 0.3) is 0 Å². The Morgan fingerprint density at radius 2 is 2.15 bits per heavy atom. The first-order valence-corrected chi connectivity index (χ1v) is 8.67. The Morgan fingerprint density at radius 3 is 2.77 bits per heavy atom. The number of aliphatic hydroxyl groups is 2. The van der Waals surface area contributed by atoms with E-state index < -0.39 is 42.8 Å². The van der Waals surface area contributed by atoms with Gasteiger partial charge in [0.15, 0.2) is 0 Å². The number of rotatable bonds is 3. The summed E-state index contributed by atoms with van der Waals surface area (Å²) in [5, 5.41) is 19.5. The number of esters is 2. The summed E-state index contributed by atoms with van der Waals surface area (Å²) in [6.45, 7) is 8.69. The molecule has 2 aliphatic rings. The summed E-state index contributed by atoms with van der Waals surface area (Å²) in [4.78, 5) is 24.4. The van der Waals surface area contributed by atoms with Gasteiger partial charge in [-0.25, -0.2) is 9.59 Å². The summed E-state index contributed by atoms with van der Waals surface area (Å²) >= 11 is 0. The van der Waals surface area contributed by atoms with E-state index in [1.165, 1.54) is 6.08 Å². The average Bonchev–Trinajstić information content (AvgIpc) is 2.86. The number of hydrogen-bond donors (Lipinski definition) is 2. The van der Waals surface area contributed by atoms with Crippen molar-refractivity contribution in [2.75, 3.05) is 6.61 Å². The molecule has 0 aromatic rings. The zero-order valence-electron chi connectivity index (χ0n) is 15.4. The lowest BCUT2D eigenvalue weighted by molar-refractivity contribution is -0.147. The van der Waals surface area contributed by atoms with E-state index in [0.29, 0.717) is 18.4 Å².